The Morgan fingerprint density at radius 3 is 0.706 bits per heavy atom. The van der Waals surface area contributed by atoms with Gasteiger partial charge < -0.3 is 56.8 Å². The average Bonchev–Trinajstić information content (AvgIpc) is 4.21. The van der Waals surface area contributed by atoms with Crippen LogP contribution in [0.15, 0.2) is 72.8 Å². The summed E-state index contributed by atoms with van der Waals surface area (Å²) in [5.41, 5.74) is 0. The Kier molecular flexibility index (Phi) is 25.3. The Hall–Kier alpha value is -3.26. The summed E-state index contributed by atoms with van der Waals surface area (Å²) in [7, 11) is 3.28. The third-order valence-corrected chi connectivity index (χ3v) is 16.7. The molecule has 0 aromatic carbocycles. The van der Waals surface area contributed by atoms with Crippen molar-refractivity contribution < 1.29 is 66.4 Å². The van der Waals surface area contributed by atoms with Crippen LogP contribution in [0.2, 0.25) is 0 Å². The molecule has 20 heteroatoms. The van der Waals surface area contributed by atoms with Crippen molar-refractivity contribution >= 4 is 80.0 Å². The molecule has 0 saturated carbocycles. The van der Waals surface area contributed by atoms with Gasteiger partial charge in [0.2, 0.25) is 0 Å². The topological polar surface area (TPSA) is 145 Å². The number of rotatable bonds is 37. The fraction of sp³-hybridized carbons (Fsp3) is 0.458. The maximum Gasteiger partial charge on any atom is 0.348 e. The molecule has 0 bridgehead atoms. The zero-order chi connectivity index (χ0) is 47.4. The molecule has 0 aliphatic rings. The summed E-state index contributed by atoms with van der Waals surface area (Å²) in [6.07, 6.45) is 0. The molecule has 0 amide bonds. The van der Waals surface area contributed by atoms with Gasteiger partial charge in [-0.1, -0.05) is 0 Å². The van der Waals surface area contributed by atoms with Gasteiger partial charge in [-0.05, 0) is 72.8 Å². The minimum absolute atomic E-state index is 0.167. The minimum atomic E-state index is -0.358. The van der Waals surface area contributed by atoms with Crippen molar-refractivity contribution in [1.29, 1.82) is 0 Å². The van der Waals surface area contributed by atoms with Crippen LogP contribution in [-0.2, 0) is 56.8 Å². The maximum absolute atomic E-state index is 12.7. The van der Waals surface area contributed by atoms with Crippen LogP contribution < -0.4 is 0 Å². The van der Waals surface area contributed by atoms with E-state index in [4.69, 9.17) is 56.8 Å². The summed E-state index contributed by atoms with van der Waals surface area (Å²) in [5.74, 6) is -0.716. The van der Waals surface area contributed by atoms with Crippen LogP contribution >= 0.6 is 68.0 Å². The molecule has 370 valence electrons. The smallest absolute Gasteiger partial charge is 0.348 e. The van der Waals surface area contributed by atoms with E-state index in [1.165, 1.54) is 51.9 Å². The lowest BCUT2D eigenvalue weighted by atomic mass is 10.3. The predicted octanol–water partition coefficient (Wildman–Crippen LogP) is 10.1. The van der Waals surface area contributed by atoms with Gasteiger partial charge in [-0.3, -0.25) is 0 Å². The largest absolute Gasteiger partial charge is 0.459 e. The van der Waals surface area contributed by atoms with Crippen molar-refractivity contribution in [2.45, 2.75) is 0 Å². The van der Waals surface area contributed by atoms with E-state index in [1.54, 1.807) is 59.6 Å². The van der Waals surface area contributed by atoms with Crippen molar-refractivity contribution in [3.05, 3.63) is 82.6 Å². The quantitative estimate of drug-likeness (QED) is 0.0270. The molecule has 6 aromatic heterocycles. The van der Waals surface area contributed by atoms with Gasteiger partial charge >= 0.3 is 11.9 Å². The highest BCUT2D eigenvalue weighted by Crippen LogP contribution is 2.46. The first-order valence-corrected chi connectivity index (χ1v) is 27.0. The second kappa shape index (κ2) is 31.9. The molecule has 14 nitrogen and oxygen atoms in total. The molecule has 0 N–H and O–H groups in total. The molecular formula is C48H58O14S6. The van der Waals surface area contributed by atoms with Crippen molar-refractivity contribution in [2.24, 2.45) is 0 Å². The van der Waals surface area contributed by atoms with Crippen LogP contribution in [0.5, 0.6) is 0 Å². The molecule has 0 saturated heterocycles. The van der Waals surface area contributed by atoms with E-state index in [1.807, 2.05) is 24.3 Å². The first-order chi connectivity index (χ1) is 33.5. The van der Waals surface area contributed by atoms with Crippen LogP contribution in [0.1, 0.15) is 19.3 Å². The molecule has 68 heavy (non-hydrogen) atoms. The van der Waals surface area contributed by atoms with E-state index in [0.717, 1.165) is 19.5 Å². The summed E-state index contributed by atoms with van der Waals surface area (Å²) < 4.78 is 64.4. The van der Waals surface area contributed by atoms with Crippen LogP contribution in [0, 0.1) is 0 Å². The lowest BCUT2D eigenvalue weighted by molar-refractivity contribution is -0.0129. The maximum atomic E-state index is 12.7. The second-order valence-electron chi connectivity index (χ2n) is 14.1. The van der Waals surface area contributed by atoms with Crippen LogP contribution in [-0.4, -0.2) is 158 Å². The molecule has 6 rings (SSSR count). The van der Waals surface area contributed by atoms with E-state index in [-0.39, 0.29) is 25.2 Å². The lowest BCUT2D eigenvalue weighted by Gasteiger charge is -2.07. The highest BCUT2D eigenvalue weighted by molar-refractivity contribution is 7.30. The molecule has 0 aliphatic carbocycles. The highest BCUT2D eigenvalue weighted by Gasteiger charge is 2.17. The van der Waals surface area contributed by atoms with E-state index in [2.05, 4.69) is 48.5 Å². The van der Waals surface area contributed by atoms with Gasteiger partial charge in [-0.2, -0.15) is 0 Å². The number of esters is 2. The zero-order valence-corrected chi connectivity index (χ0v) is 43.1. The third kappa shape index (κ3) is 18.8. The fourth-order valence-corrected chi connectivity index (χ4v) is 12.2. The van der Waals surface area contributed by atoms with Gasteiger partial charge in [0.25, 0.3) is 0 Å². The molecule has 0 spiro atoms. The van der Waals surface area contributed by atoms with E-state index < -0.39 is 0 Å². The Morgan fingerprint density at radius 1 is 0.279 bits per heavy atom. The zero-order valence-electron chi connectivity index (χ0n) is 38.2. The first kappa shape index (κ1) is 54.1. The molecule has 0 radical (unpaired) electrons. The summed E-state index contributed by atoms with van der Waals surface area (Å²) in [6.45, 7) is 8.84. The van der Waals surface area contributed by atoms with E-state index in [9.17, 15) is 9.59 Å². The van der Waals surface area contributed by atoms with Gasteiger partial charge in [0.1, 0.15) is 23.0 Å². The number of hydrogen-bond donors (Lipinski definition) is 0. The predicted molar refractivity (Wildman–Crippen MR) is 272 cm³/mol. The molecule has 6 heterocycles. The third-order valence-electron chi connectivity index (χ3n) is 9.27. The molecule has 0 atom stereocenters. The SMILES string of the molecule is COCCOCCOCCOCCOCCOC(=O)c1ccc(-c2ccc(-c3ccc(-c4ccc(-c5ccc(-c6ccc(C(=O)OCCOCCOCCOCCOCCOC)s6)s5)s4)s3)s2)s1. The van der Waals surface area contributed by atoms with Crippen LogP contribution in [0.25, 0.3) is 48.8 Å². The van der Waals surface area contributed by atoms with Gasteiger partial charge in [-0.15, -0.1) is 68.0 Å². The minimum Gasteiger partial charge on any atom is -0.459 e. The Bertz CT molecular complexity index is 2150. The van der Waals surface area contributed by atoms with Gasteiger partial charge in [0.15, 0.2) is 0 Å². The number of methoxy groups -OCH3 is 2. The first-order valence-electron chi connectivity index (χ1n) is 22.1. The average molecular weight is 1050 g/mol. The van der Waals surface area contributed by atoms with Gasteiger partial charge in [0, 0.05) is 63.0 Å². The van der Waals surface area contributed by atoms with Crippen molar-refractivity contribution in [3.8, 4) is 48.8 Å². The number of carbonyl (C=O) groups is 2. The standard InChI is InChI=1S/C48H58O14S6/c1-51-15-17-53-19-21-55-23-25-57-27-29-59-31-33-61-47(49)45-13-11-43(67-45)41-9-7-39(65-41)37-5-3-35(63-37)36-4-6-38(64-36)40-8-10-42(66-40)44-12-14-46(68-44)48(50)62-34-32-60-30-28-58-26-24-56-22-20-54-18-16-52-2/h3-14H,15-34H2,1-2H3. The lowest BCUT2D eigenvalue weighted by Crippen LogP contribution is -2.14. The monoisotopic (exact) mass is 1050 g/mol. The van der Waals surface area contributed by atoms with Crippen molar-refractivity contribution in [1.82, 2.24) is 0 Å². The van der Waals surface area contributed by atoms with Crippen LogP contribution in [0.3, 0.4) is 0 Å². The normalized spacial score (nSPS) is 11.5. The number of hydrogen-bond acceptors (Lipinski definition) is 20. The molecular weight excluding hydrogens is 993 g/mol. The van der Waals surface area contributed by atoms with Crippen molar-refractivity contribution in [2.75, 3.05) is 146 Å². The Morgan fingerprint density at radius 2 is 0.471 bits per heavy atom. The number of ether oxygens (including phenoxy) is 12. The Balaban J connectivity index is 0.853. The molecule has 0 fully saturated rings. The summed E-state index contributed by atoms with van der Waals surface area (Å²) in [6, 6.07) is 24.8. The molecule has 0 unspecified atom stereocenters. The van der Waals surface area contributed by atoms with Gasteiger partial charge in [0.05, 0.1) is 119 Å². The second-order valence-corrected chi connectivity index (χ2v) is 20.6. The summed E-state index contributed by atoms with van der Waals surface area (Å²) in [5, 5.41) is 0. The highest BCUT2D eigenvalue weighted by atomic mass is 32.1. The van der Waals surface area contributed by atoms with Gasteiger partial charge in [-0.25, -0.2) is 9.59 Å². The number of carbonyl (C=O) groups excluding carboxylic acids is 2. The van der Waals surface area contributed by atoms with Crippen LogP contribution in [0.4, 0.5) is 0 Å². The summed E-state index contributed by atoms with van der Waals surface area (Å²) >= 11 is 9.81. The Labute approximate surface area is 421 Å². The fourth-order valence-electron chi connectivity index (χ4n) is 5.91. The van der Waals surface area contributed by atoms with E-state index in [0.29, 0.717) is 129 Å². The molecule has 6 aromatic rings. The molecule has 0 aliphatic heterocycles. The summed E-state index contributed by atoms with van der Waals surface area (Å²) in [4.78, 5) is 38.0. The van der Waals surface area contributed by atoms with E-state index >= 15 is 0 Å². The number of thiophene rings is 6. The van der Waals surface area contributed by atoms with Crippen molar-refractivity contribution in [3.63, 3.8) is 0 Å².